The predicted octanol–water partition coefficient (Wildman–Crippen LogP) is 4.57. The molecule has 0 aromatic heterocycles. The molecule has 0 heterocycles. The van der Waals surface area contributed by atoms with E-state index in [1.165, 1.54) is 12.1 Å². The summed E-state index contributed by atoms with van der Waals surface area (Å²) in [6.07, 6.45) is 0. The summed E-state index contributed by atoms with van der Waals surface area (Å²) >= 11 is 12.1. The largest absolute Gasteiger partial charge is 0.489 e. The highest BCUT2D eigenvalue weighted by Crippen LogP contribution is 2.26. The fraction of sp³-hybridized carbons (Fsp3) is 0.333. The molecule has 0 amide bonds. The van der Waals surface area contributed by atoms with E-state index in [-0.39, 0.29) is 19.0 Å². The van der Waals surface area contributed by atoms with Gasteiger partial charge in [-0.15, -0.1) is 0 Å². The Morgan fingerprint density at radius 3 is 2.54 bits per heavy atom. The molecular formula is C18H20Cl2FNO2. The van der Waals surface area contributed by atoms with Crippen LogP contribution in [-0.2, 0) is 13.2 Å². The topological polar surface area (TPSA) is 41.5 Å². The zero-order valence-corrected chi connectivity index (χ0v) is 15.1. The fourth-order valence-electron chi connectivity index (χ4n) is 2.01. The molecule has 0 aliphatic rings. The van der Waals surface area contributed by atoms with Crippen LogP contribution in [0.15, 0.2) is 36.4 Å². The molecule has 0 bridgehead atoms. The first-order valence-corrected chi connectivity index (χ1v) is 8.27. The molecule has 2 aromatic carbocycles. The summed E-state index contributed by atoms with van der Waals surface area (Å²) in [5.41, 5.74) is 1.14. The first-order valence-electron chi connectivity index (χ1n) is 7.52. The number of benzene rings is 2. The Bertz CT molecular complexity index is 707. The smallest absolute Gasteiger partial charge is 0.124 e. The van der Waals surface area contributed by atoms with Gasteiger partial charge in [0, 0.05) is 28.2 Å². The quantitative estimate of drug-likeness (QED) is 0.748. The van der Waals surface area contributed by atoms with Crippen LogP contribution in [0.5, 0.6) is 5.75 Å². The lowest BCUT2D eigenvalue weighted by atomic mass is 10.1. The summed E-state index contributed by atoms with van der Waals surface area (Å²) in [5.74, 6) is 0.271. The highest BCUT2D eigenvalue weighted by molar-refractivity contribution is 6.31. The third-order valence-corrected chi connectivity index (χ3v) is 4.16. The maximum absolute atomic E-state index is 13.1. The third-order valence-electron chi connectivity index (χ3n) is 3.57. The predicted molar refractivity (Wildman–Crippen MR) is 95.2 cm³/mol. The van der Waals surface area contributed by atoms with Gasteiger partial charge in [0.2, 0.25) is 0 Å². The summed E-state index contributed by atoms with van der Waals surface area (Å²) in [6, 6.07) is 9.53. The number of rotatable bonds is 7. The van der Waals surface area contributed by atoms with E-state index in [9.17, 15) is 9.50 Å². The van der Waals surface area contributed by atoms with E-state index in [2.05, 4.69) is 5.32 Å². The number of ether oxygens (including phenoxy) is 1. The molecule has 0 saturated carbocycles. The second-order valence-corrected chi connectivity index (χ2v) is 7.02. The van der Waals surface area contributed by atoms with Crippen LogP contribution >= 0.6 is 23.2 Å². The Hall–Kier alpha value is -1.33. The molecule has 0 atom stereocenters. The van der Waals surface area contributed by atoms with Gasteiger partial charge in [-0.1, -0.05) is 29.3 Å². The van der Waals surface area contributed by atoms with Gasteiger partial charge in [0.05, 0.1) is 11.6 Å². The second kappa shape index (κ2) is 8.17. The summed E-state index contributed by atoms with van der Waals surface area (Å²) < 4.78 is 18.9. The lowest BCUT2D eigenvalue weighted by Gasteiger charge is -2.24. The van der Waals surface area contributed by atoms with Crippen molar-refractivity contribution in [3.8, 4) is 5.75 Å². The number of halogens is 3. The van der Waals surface area contributed by atoms with Gasteiger partial charge in [-0.05, 0) is 44.2 Å². The Kier molecular flexibility index (Phi) is 6.47. The van der Waals surface area contributed by atoms with Crippen LogP contribution in [0.25, 0.3) is 0 Å². The maximum Gasteiger partial charge on any atom is 0.124 e. The Morgan fingerprint density at radius 2 is 1.88 bits per heavy atom. The zero-order chi connectivity index (χ0) is 17.7. The van der Waals surface area contributed by atoms with E-state index in [0.717, 1.165) is 5.56 Å². The number of aliphatic hydroxyl groups excluding tert-OH is 1. The van der Waals surface area contributed by atoms with Crippen molar-refractivity contribution in [3.63, 3.8) is 0 Å². The van der Waals surface area contributed by atoms with E-state index >= 15 is 0 Å². The van der Waals surface area contributed by atoms with Gasteiger partial charge in [-0.2, -0.15) is 0 Å². The van der Waals surface area contributed by atoms with Crippen LogP contribution in [0.3, 0.4) is 0 Å². The second-order valence-electron chi connectivity index (χ2n) is 6.17. The van der Waals surface area contributed by atoms with Gasteiger partial charge >= 0.3 is 0 Å². The minimum absolute atomic E-state index is 0.00887. The summed E-state index contributed by atoms with van der Waals surface area (Å²) in [6.45, 7) is 4.51. The maximum atomic E-state index is 13.1. The zero-order valence-electron chi connectivity index (χ0n) is 13.6. The molecule has 2 N–H and O–H groups in total. The van der Waals surface area contributed by atoms with E-state index in [1.54, 1.807) is 18.2 Å². The highest BCUT2D eigenvalue weighted by atomic mass is 35.5. The summed E-state index contributed by atoms with van der Waals surface area (Å²) in [7, 11) is 0. The lowest BCUT2D eigenvalue weighted by Crippen LogP contribution is -2.42. The molecule has 0 fully saturated rings. The van der Waals surface area contributed by atoms with E-state index in [0.29, 0.717) is 27.9 Å². The van der Waals surface area contributed by atoms with Crippen LogP contribution in [0.1, 0.15) is 25.0 Å². The molecule has 0 aliphatic heterocycles. The molecule has 3 nitrogen and oxygen atoms in total. The van der Waals surface area contributed by atoms with Crippen molar-refractivity contribution in [1.82, 2.24) is 5.32 Å². The van der Waals surface area contributed by atoms with Crippen LogP contribution < -0.4 is 10.1 Å². The van der Waals surface area contributed by atoms with Crippen molar-refractivity contribution in [2.75, 3.05) is 6.61 Å². The first kappa shape index (κ1) is 19.0. The molecule has 0 spiro atoms. The van der Waals surface area contributed by atoms with Gasteiger partial charge in [-0.3, -0.25) is 0 Å². The van der Waals surface area contributed by atoms with E-state index in [1.807, 2.05) is 19.9 Å². The standard InChI is InChI=1S/C18H20Cl2FNO2/c1-18(2,11-23)22-9-13-7-14(19)4-6-17(13)24-10-12-3-5-15(21)8-16(12)20/h3-8,22-23H,9-11H2,1-2H3. The average Bonchev–Trinajstić information content (AvgIpc) is 2.53. The van der Waals surface area contributed by atoms with Crippen LogP contribution in [0.2, 0.25) is 10.0 Å². The number of nitrogens with one attached hydrogen (secondary N) is 1. The number of hydrogen-bond donors (Lipinski definition) is 2. The lowest BCUT2D eigenvalue weighted by molar-refractivity contribution is 0.186. The van der Waals surface area contributed by atoms with Gasteiger partial charge in [0.1, 0.15) is 18.2 Å². The normalized spacial score (nSPS) is 11.6. The van der Waals surface area contributed by atoms with Crippen LogP contribution in [0.4, 0.5) is 4.39 Å². The van der Waals surface area contributed by atoms with Gasteiger partial charge in [0.15, 0.2) is 0 Å². The molecule has 24 heavy (non-hydrogen) atoms. The van der Waals surface area contributed by atoms with Crippen LogP contribution in [0, 0.1) is 5.82 Å². The minimum atomic E-state index is -0.417. The van der Waals surface area contributed by atoms with Crippen molar-refractivity contribution in [1.29, 1.82) is 0 Å². The molecule has 0 radical (unpaired) electrons. The minimum Gasteiger partial charge on any atom is -0.489 e. The molecular weight excluding hydrogens is 352 g/mol. The van der Waals surface area contributed by atoms with Gasteiger partial charge in [-0.25, -0.2) is 4.39 Å². The fourth-order valence-corrected chi connectivity index (χ4v) is 2.43. The molecule has 2 aromatic rings. The summed E-state index contributed by atoms with van der Waals surface area (Å²) in [5, 5.41) is 13.5. The van der Waals surface area contributed by atoms with E-state index < -0.39 is 5.54 Å². The van der Waals surface area contributed by atoms with Crippen molar-refractivity contribution in [2.45, 2.75) is 32.5 Å². The Morgan fingerprint density at radius 1 is 1.12 bits per heavy atom. The molecule has 0 unspecified atom stereocenters. The third kappa shape index (κ3) is 5.35. The van der Waals surface area contributed by atoms with E-state index in [4.69, 9.17) is 27.9 Å². The Balaban J connectivity index is 2.12. The monoisotopic (exact) mass is 371 g/mol. The first-order chi connectivity index (χ1) is 11.3. The average molecular weight is 372 g/mol. The number of aliphatic hydroxyl groups is 1. The molecule has 0 saturated heterocycles. The molecule has 130 valence electrons. The van der Waals surface area contributed by atoms with Crippen molar-refractivity contribution >= 4 is 23.2 Å². The number of hydrogen-bond acceptors (Lipinski definition) is 3. The van der Waals surface area contributed by atoms with Crippen molar-refractivity contribution in [2.24, 2.45) is 0 Å². The SMILES string of the molecule is CC(C)(CO)NCc1cc(Cl)ccc1OCc1ccc(F)cc1Cl. The van der Waals surface area contributed by atoms with Crippen LogP contribution in [-0.4, -0.2) is 17.3 Å². The molecule has 0 aliphatic carbocycles. The molecule has 2 rings (SSSR count). The van der Waals surface area contributed by atoms with Crippen molar-refractivity contribution < 1.29 is 14.2 Å². The van der Waals surface area contributed by atoms with Crippen molar-refractivity contribution in [3.05, 3.63) is 63.4 Å². The summed E-state index contributed by atoms with van der Waals surface area (Å²) in [4.78, 5) is 0. The van der Waals surface area contributed by atoms with Gasteiger partial charge in [0.25, 0.3) is 0 Å². The highest BCUT2D eigenvalue weighted by Gasteiger charge is 2.16. The molecule has 6 heteroatoms. The van der Waals surface area contributed by atoms with Gasteiger partial charge < -0.3 is 15.2 Å². The Labute approximate surface area is 151 Å².